The SMILES string of the molecule is CN(C(=O)C(C)(C)CCS)c1cnc(-c2cncc(F)c2)s1. The number of hydrogen-bond acceptors (Lipinski definition) is 5. The molecule has 0 N–H and O–H groups in total. The summed E-state index contributed by atoms with van der Waals surface area (Å²) >= 11 is 5.54. The Kier molecular flexibility index (Phi) is 5.18. The van der Waals surface area contributed by atoms with Crippen LogP contribution in [0.2, 0.25) is 0 Å². The lowest BCUT2D eigenvalue weighted by Crippen LogP contribution is -2.38. The molecule has 4 nitrogen and oxygen atoms in total. The maximum atomic E-state index is 13.2. The smallest absolute Gasteiger partial charge is 0.233 e. The fourth-order valence-electron chi connectivity index (χ4n) is 2.02. The molecule has 1 amide bonds. The van der Waals surface area contributed by atoms with Gasteiger partial charge in [0.15, 0.2) is 0 Å². The summed E-state index contributed by atoms with van der Waals surface area (Å²) in [5.74, 6) is 0.248. The number of pyridine rings is 1. The molecule has 0 fully saturated rings. The Labute approximate surface area is 138 Å². The fourth-order valence-corrected chi connectivity index (χ4v) is 3.44. The van der Waals surface area contributed by atoms with Crippen molar-refractivity contribution in [3.63, 3.8) is 0 Å². The largest absolute Gasteiger partial charge is 0.305 e. The molecular formula is C15H18FN3OS2. The lowest BCUT2D eigenvalue weighted by molar-refractivity contribution is -0.126. The highest BCUT2D eigenvalue weighted by molar-refractivity contribution is 7.80. The Bertz CT molecular complexity index is 672. The van der Waals surface area contributed by atoms with Crippen LogP contribution >= 0.6 is 24.0 Å². The van der Waals surface area contributed by atoms with Crippen molar-refractivity contribution < 1.29 is 9.18 Å². The predicted octanol–water partition coefficient (Wildman–Crippen LogP) is 3.65. The van der Waals surface area contributed by atoms with E-state index in [0.717, 1.165) is 11.2 Å². The number of hydrogen-bond donors (Lipinski definition) is 1. The van der Waals surface area contributed by atoms with Crippen molar-refractivity contribution in [2.75, 3.05) is 17.7 Å². The second kappa shape index (κ2) is 6.75. The monoisotopic (exact) mass is 339 g/mol. The number of aromatic nitrogens is 2. The van der Waals surface area contributed by atoms with E-state index in [1.807, 2.05) is 13.8 Å². The average molecular weight is 339 g/mol. The van der Waals surface area contributed by atoms with E-state index in [-0.39, 0.29) is 5.91 Å². The molecule has 0 spiro atoms. The third kappa shape index (κ3) is 3.64. The van der Waals surface area contributed by atoms with E-state index in [1.54, 1.807) is 24.3 Å². The molecule has 0 aliphatic carbocycles. The standard InChI is InChI=1S/C15H18FN3OS2/c1-15(2,4-5-21)14(20)19(3)12-9-18-13(22-12)10-6-11(16)8-17-7-10/h6-9,21H,4-5H2,1-3H3. The highest BCUT2D eigenvalue weighted by Crippen LogP contribution is 2.33. The second-order valence-electron chi connectivity index (χ2n) is 5.62. The van der Waals surface area contributed by atoms with Gasteiger partial charge >= 0.3 is 0 Å². The van der Waals surface area contributed by atoms with Crippen LogP contribution in [0.15, 0.2) is 24.7 Å². The Hall–Kier alpha value is -1.47. The highest BCUT2D eigenvalue weighted by atomic mass is 32.1. The van der Waals surface area contributed by atoms with Crippen molar-refractivity contribution in [3.8, 4) is 10.6 Å². The van der Waals surface area contributed by atoms with Crippen molar-refractivity contribution in [1.82, 2.24) is 9.97 Å². The number of carbonyl (C=O) groups excluding carboxylic acids is 1. The number of carbonyl (C=O) groups is 1. The molecule has 0 radical (unpaired) electrons. The summed E-state index contributed by atoms with van der Waals surface area (Å²) in [5.41, 5.74) is 0.118. The van der Waals surface area contributed by atoms with Crippen molar-refractivity contribution >= 4 is 34.9 Å². The van der Waals surface area contributed by atoms with Gasteiger partial charge in [0.25, 0.3) is 0 Å². The molecule has 2 aromatic rings. The van der Waals surface area contributed by atoms with Crippen LogP contribution in [0.4, 0.5) is 9.39 Å². The van der Waals surface area contributed by atoms with Crippen LogP contribution in [0.3, 0.4) is 0 Å². The molecule has 0 aromatic carbocycles. The molecule has 0 atom stereocenters. The summed E-state index contributed by atoms with van der Waals surface area (Å²) in [5, 5.41) is 1.35. The van der Waals surface area contributed by atoms with Crippen molar-refractivity contribution in [3.05, 3.63) is 30.5 Å². The lowest BCUT2D eigenvalue weighted by Gasteiger charge is -2.27. The van der Waals surface area contributed by atoms with Gasteiger partial charge in [0.2, 0.25) is 5.91 Å². The quantitative estimate of drug-likeness (QED) is 0.846. The summed E-state index contributed by atoms with van der Waals surface area (Å²) in [4.78, 5) is 22.2. The van der Waals surface area contributed by atoms with Gasteiger partial charge < -0.3 is 4.90 Å². The van der Waals surface area contributed by atoms with Crippen LogP contribution in [-0.2, 0) is 4.79 Å². The van der Waals surface area contributed by atoms with Gasteiger partial charge in [-0.25, -0.2) is 9.37 Å². The number of thiol groups is 1. The molecule has 22 heavy (non-hydrogen) atoms. The molecule has 0 aliphatic rings. The van der Waals surface area contributed by atoms with Crippen molar-refractivity contribution in [1.29, 1.82) is 0 Å². The van der Waals surface area contributed by atoms with Crippen LogP contribution in [0.1, 0.15) is 20.3 Å². The van der Waals surface area contributed by atoms with Gasteiger partial charge in [-0.2, -0.15) is 12.6 Å². The van der Waals surface area contributed by atoms with Crippen LogP contribution in [-0.4, -0.2) is 28.7 Å². The second-order valence-corrected chi connectivity index (χ2v) is 7.07. The van der Waals surface area contributed by atoms with Crippen molar-refractivity contribution in [2.45, 2.75) is 20.3 Å². The first-order chi connectivity index (χ1) is 10.3. The predicted molar refractivity (Wildman–Crippen MR) is 91.0 cm³/mol. The van der Waals surface area contributed by atoms with Gasteiger partial charge in [-0.1, -0.05) is 25.2 Å². The molecule has 118 valence electrons. The third-order valence-electron chi connectivity index (χ3n) is 3.40. The first-order valence-electron chi connectivity index (χ1n) is 6.81. The average Bonchev–Trinajstić information content (AvgIpc) is 2.95. The van der Waals surface area contributed by atoms with Crippen LogP contribution < -0.4 is 4.90 Å². The number of halogens is 1. The molecule has 7 heteroatoms. The zero-order valence-corrected chi connectivity index (χ0v) is 14.4. The maximum absolute atomic E-state index is 13.2. The molecule has 2 rings (SSSR count). The van der Waals surface area contributed by atoms with Crippen LogP contribution in [0.5, 0.6) is 0 Å². The number of thiazole rings is 1. The minimum absolute atomic E-state index is 0.00844. The minimum atomic E-state index is -0.485. The van der Waals surface area contributed by atoms with Gasteiger partial charge in [-0.15, -0.1) is 0 Å². The van der Waals surface area contributed by atoms with E-state index in [0.29, 0.717) is 22.7 Å². The molecule has 0 aliphatic heterocycles. The Morgan fingerprint density at radius 3 is 2.77 bits per heavy atom. The van der Waals surface area contributed by atoms with Gasteiger partial charge in [0.05, 0.1) is 12.4 Å². The van der Waals surface area contributed by atoms with E-state index in [4.69, 9.17) is 0 Å². The summed E-state index contributed by atoms with van der Waals surface area (Å²) in [6.07, 6.45) is 5.02. The van der Waals surface area contributed by atoms with Gasteiger partial charge in [-0.05, 0) is 18.2 Å². The molecule has 0 saturated heterocycles. The van der Waals surface area contributed by atoms with Crippen LogP contribution in [0, 0.1) is 11.2 Å². The van der Waals surface area contributed by atoms with E-state index in [2.05, 4.69) is 22.6 Å². The molecule has 0 saturated carbocycles. The Balaban J connectivity index is 2.22. The molecule has 0 unspecified atom stereocenters. The Morgan fingerprint density at radius 2 is 2.14 bits per heavy atom. The Morgan fingerprint density at radius 1 is 1.41 bits per heavy atom. The number of amides is 1. The first-order valence-corrected chi connectivity index (χ1v) is 8.26. The van der Waals surface area contributed by atoms with Crippen molar-refractivity contribution in [2.24, 2.45) is 5.41 Å². The van der Waals surface area contributed by atoms with E-state index in [9.17, 15) is 9.18 Å². The van der Waals surface area contributed by atoms with E-state index >= 15 is 0 Å². The third-order valence-corrected chi connectivity index (χ3v) is 4.74. The normalized spacial score (nSPS) is 11.5. The molecule has 2 heterocycles. The summed E-state index contributed by atoms with van der Waals surface area (Å²) in [6.45, 7) is 3.81. The van der Waals surface area contributed by atoms with E-state index < -0.39 is 11.2 Å². The number of rotatable bonds is 5. The summed E-state index contributed by atoms with van der Waals surface area (Å²) < 4.78 is 13.2. The number of nitrogens with zero attached hydrogens (tertiary/aromatic N) is 3. The van der Waals surface area contributed by atoms with E-state index in [1.165, 1.54) is 17.4 Å². The molecular weight excluding hydrogens is 321 g/mol. The van der Waals surface area contributed by atoms with Crippen LogP contribution in [0.25, 0.3) is 10.6 Å². The fraction of sp³-hybridized carbons (Fsp3) is 0.400. The molecule has 2 aromatic heterocycles. The van der Waals surface area contributed by atoms with Gasteiger partial charge in [-0.3, -0.25) is 9.78 Å². The minimum Gasteiger partial charge on any atom is -0.305 e. The topological polar surface area (TPSA) is 46.1 Å². The summed E-state index contributed by atoms with van der Waals surface area (Å²) in [6, 6.07) is 1.38. The lowest BCUT2D eigenvalue weighted by atomic mass is 9.88. The summed E-state index contributed by atoms with van der Waals surface area (Å²) in [7, 11) is 1.73. The first kappa shape index (κ1) is 16.9. The highest BCUT2D eigenvalue weighted by Gasteiger charge is 2.31. The maximum Gasteiger partial charge on any atom is 0.233 e. The number of anilines is 1. The van der Waals surface area contributed by atoms with Gasteiger partial charge in [0.1, 0.15) is 15.8 Å². The van der Waals surface area contributed by atoms with Gasteiger partial charge in [0, 0.05) is 24.2 Å². The zero-order valence-electron chi connectivity index (χ0n) is 12.7. The zero-order chi connectivity index (χ0) is 16.3. The molecule has 0 bridgehead atoms.